The highest BCUT2D eigenvalue weighted by Crippen LogP contribution is 2.17. The second-order valence-electron chi connectivity index (χ2n) is 5.94. The smallest absolute Gasteiger partial charge is 0.191 e. The van der Waals surface area contributed by atoms with Gasteiger partial charge >= 0.3 is 0 Å². The van der Waals surface area contributed by atoms with Crippen molar-refractivity contribution in [3.05, 3.63) is 23.9 Å². The summed E-state index contributed by atoms with van der Waals surface area (Å²) in [6.45, 7) is 5.13. The lowest BCUT2D eigenvalue weighted by Gasteiger charge is -2.33. The molecule has 1 aliphatic rings. The lowest BCUT2D eigenvalue weighted by atomic mass is 10.1. The van der Waals surface area contributed by atoms with Crippen molar-refractivity contribution in [2.75, 3.05) is 43.6 Å². The van der Waals surface area contributed by atoms with Crippen molar-refractivity contribution in [1.82, 2.24) is 15.6 Å². The Balaban J connectivity index is 0.00000288. The summed E-state index contributed by atoms with van der Waals surface area (Å²) < 4.78 is 0. The lowest BCUT2D eigenvalue weighted by Crippen LogP contribution is -2.49. The zero-order chi connectivity index (χ0) is 16.5. The molecule has 1 aromatic rings. The number of hydrogen-bond acceptors (Lipinski definition) is 4. The molecule has 0 atom stereocenters. The Kier molecular flexibility index (Phi) is 10.5. The van der Waals surface area contributed by atoms with Crippen LogP contribution in [0.1, 0.15) is 24.8 Å². The Morgan fingerprint density at radius 1 is 1.38 bits per heavy atom. The van der Waals surface area contributed by atoms with Crippen molar-refractivity contribution < 1.29 is 0 Å². The molecule has 0 aliphatic carbocycles. The largest absolute Gasteiger partial charge is 0.356 e. The van der Waals surface area contributed by atoms with Crippen molar-refractivity contribution >= 4 is 47.5 Å². The fourth-order valence-corrected chi connectivity index (χ4v) is 3.14. The molecular weight excluding hydrogens is 433 g/mol. The van der Waals surface area contributed by atoms with E-state index in [1.807, 2.05) is 25.0 Å². The first kappa shape index (κ1) is 21.3. The average molecular weight is 463 g/mol. The molecule has 1 saturated heterocycles. The number of piperidine rings is 1. The molecule has 0 spiro atoms. The maximum atomic E-state index is 4.53. The van der Waals surface area contributed by atoms with Gasteiger partial charge < -0.3 is 15.5 Å². The number of rotatable bonds is 6. The summed E-state index contributed by atoms with van der Waals surface area (Å²) >= 11 is 1.88. The van der Waals surface area contributed by atoms with E-state index in [2.05, 4.69) is 50.8 Å². The summed E-state index contributed by atoms with van der Waals surface area (Å²) in [5.41, 5.74) is 1.21. The van der Waals surface area contributed by atoms with Gasteiger partial charge in [0.05, 0.1) is 0 Å². The molecule has 1 aromatic heterocycles. The van der Waals surface area contributed by atoms with Gasteiger partial charge in [-0.3, -0.25) is 4.99 Å². The van der Waals surface area contributed by atoms with Gasteiger partial charge in [-0.2, -0.15) is 11.8 Å². The van der Waals surface area contributed by atoms with Crippen LogP contribution in [-0.2, 0) is 0 Å². The van der Waals surface area contributed by atoms with E-state index in [1.54, 1.807) is 0 Å². The van der Waals surface area contributed by atoms with Crippen LogP contribution in [0.5, 0.6) is 0 Å². The lowest BCUT2D eigenvalue weighted by molar-refractivity contribution is 0.459. The predicted octanol–water partition coefficient (Wildman–Crippen LogP) is 2.89. The summed E-state index contributed by atoms with van der Waals surface area (Å²) in [7, 11) is 1.84. The highest BCUT2D eigenvalue weighted by atomic mass is 127. The number of guanidine groups is 1. The average Bonchev–Trinajstić information content (AvgIpc) is 2.59. The van der Waals surface area contributed by atoms with Crippen molar-refractivity contribution in [2.45, 2.75) is 32.2 Å². The molecule has 0 unspecified atom stereocenters. The van der Waals surface area contributed by atoms with Gasteiger partial charge in [0, 0.05) is 38.9 Å². The number of pyridine rings is 1. The predicted molar refractivity (Wildman–Crippen MR) is 117 cm³/mol. The highest BCUT2D eigenvalue weighted by molar-refractivity contribution is 14.0. The molecule has 0 aromatic carbocycles. The number of aliphatic imine (C=N–C) groups is 1. The van der Waals surface area contributed by atoms with Gasteiger partial charge in [0.25, 0.3) is 0 Å². The fraction of sp³-hybridized carbons (Fsp3) is 0.647. The van der Waals surface area contributed by atoms with Gasteiger partial charge in [-0.25, -0.2) is 4.98 Å². The zero-order valence-electron chi connectivity index (χ0n) is 14.9. The number of aromatic nitrogens is 1. The van der Waals surface area contributed by atoms with Crippen LogP contribution in [0.2, 0.25) is 0 Å². The van der Waals surface area contributed by atoms with Gasteiger partial charge in [0.2, 0.25) is 0 Å². The van der Waals surface area contributed by atoms with Crippen LogP contribution in [0, 0.1) is 6.92 Å². The number of aryl methyl sites for hydroxylation is 1. The van der Waals surface area contributed by atoms with Crippen LogP contribution >= 0.6 is 35.7 Å². The summed E-state index contributed by atoms with van der Waals surface area (Å²) in [6.07, 6.45) is 7.48. The number of anilines is 1. The van der Waals surface area contributed by atoms with Crippen molar-refractivity contribution in [1.29, 1.82) is 0 Å². The Bertz CT molecular complexity index is 486. The van der Waals surface area contributed by atoms with Crippen LogP contribution in [0.25, 0.3) is 0 Å². The molecule has 5 nitrogen and oxygen atoms in total. The molecule has 0 amide bonds. The Labute approximate surface area is 167 Å². The third-order valence-electron chi connectivity index (χ3n) is 4.10. The number of halogens is 1. The van der Waals surface area contributed by atoms with Gasteiger partial charge in [-0.1, -0.05) is 6.07 Å². The molecule has 1 aliphatic heterocycles. The molecule has 24 heavy (non-hydrogen) atoms. The van der Waals surface area contributed by atoms with E-state index < -0.39 is 0 Å². The third-order valence-corrected chi connectivity index (χ3v) is 4.79. The summed E-state index contributed by atoms with van der Waals surface area (Å²) in [4.78, 5) is 11.2. The van der Waals surface area contributed by atoms with E-state index >= 15 is 0 Å². The quantitative estimate of drug-likeness (QED) is 0.294. The van der Waals surface area contributed by atoms with Gasteiger partial charge in [0.15, 0.2) is 5.96 Å². The van der Waals surface area contributed by atoms with Crippen LogP contribution in [0.15, 0.2) is 23.3 Å². The Morgan fingerprint density at radius 2 is 2.12 bits per heavy atom. The van der Waals surface area contributed by atoms with Crippen molar-refractivity contribution in [2.24, 2.45) is 4.99 Å². The fourth-order valence-electron chi connectivity index (χ4n) is 2.71. The van der Waals surface area contributed by atoms with Crippen LogP contribution in [0.3, 0.4) is 0 Å². The minimum Gasteiger partial charge on any atom is -0.356 e. The van der Waals surface area contributed by atoms with E-state index in [-0.39, 0.29) is 24.0 Å². The monoisotopic (exact) mass is 463 g/mol. The van der Waals surface area contributed by atoms with Gasteiger partial charge in [0.1, 0.15) is 5.82 Å². The van der Waals surface area contributed by atoms with Crippen molar-refractivity contribution in [3.63, 3.8) is 0 Å². The summed E-state index contributed by atoms with van der Waals surface area (Å²) in [5, 5.41) is 6.95. The molecular formula is C17H30IN5S. The number of nitrogens with one attached hydrogen (secondary N) is 2. The number of thioether (sulfide) groups is 1. The molecule has 2 rings (SSSR count). The van der Waals surface area contributed by atoms with E-state index in [4.69, 9.17) is 0 Å². The van der Waals surface area contributed by atoms with Gasteiger partial charge in [-0.05, 0) is 49.8 Å². The minimum atomic E-state index is 0. The first-order valence-corrected chi connectivity index (χ1v) is 9.76. The van der Waals surface area contributed by atoms with Crippen LogP contribution in [0.4, 0.5) is 5.82 Å². The topological polar surface area (TPSA) is 52.6 Å². The Hall–Kier alpha value is -0.700. The first-order valence-electron chi connectivity index (χ1n) is 8.36. The maximum absolute atomic E-state index is 4.53. The molecule has 7 heteroatoms. The minimum absolute atomic E-state index is 0. The third kappa shape index (κ3) is 7.04. The SMILES string of the molecule is CN=C(NCCCSC)NC1CCN(c2ccc(C)cn2)CC1.I. The molecule has 136 valence electrons. The van der Waals surface area contributed by atoms with E-state index in [1.165, 1.54) is 17.7 Å². The summed E-state index contributed by atoms with van der Waals surface area (Å²) in [5.74, 6) is 3.21. The number of hydrogen-bond donors (Lipinski definition) is 2. The normalized spacial score (nSPS) is 15.8. The zero-order valence-corrected chi connectivity index (χ0v) is 18.1. The van der Waals surface area contributed by atoms with Crippen LogP contribution < -0.4 is 15.5 Å². The standard InChI is InChI=1S/C17H29N5S.HI/c1-14-5-6-16(20-13-14)22-10-7-15(8-11-22)21-17(18-2)19-9-4-12-23-3;/h5-6,13,15H,4,7-12H2,1-3H3,(H2,18,19,21);1H. The second-order valence-corrected chi connectivity index (χ2v) is 6.93. The maximum Gasteiger partial charge on any atom is 0.191 e. The van der Waals surface area contributed by atoms with Gasteiger partial charge in [-0.15, -0.1) is 24.0 Å². The van der Waals surface area contributed by atoms with E-state index in [9.17, 15) is 0 Å². The van der Waals surface area contributed by atoms with Crippen LogP contribution in [-0.4, -0.2) is 55.7 Å². The van der Waals surface area contributed by atoms with E-state index in [0.717, 1.165) is 44.3 Å². The molecule has 0 radical (unpaired) electrons. The van der Waals surface area contributed by atoms with E-state index in [0.29, 0.717) is 6.04 Å². The molecule has 0 bridgehead atoms. The number of nitrogens with zero attached hydrogens (tertiary/aromatic N) is 3. The molecule has 2 heterocycles. The van der Waals surface area contributed by atoms with Crippen molar-refractivity contribution in [3.8, 4) is 0 Å². The summed E-state index contributed by atoms with van der Waals surface area (Å²) in [6, 6.07) is 4.74. The molecule has 1 fully saturated rings. The second kappa shape index (κ2) is 11.8. The first-order chi connectivity index (χ1) is 11.2. The highest BCUT2D eigenvalue weighted by Gasteiger charge is 2.20. The molecule has 2 N–H and O–H groups in total. The Morgan fingerprint density at radius 3 is 2.71 bits per heavy atom. The molecule has 0 saturated carbocycles.